The maximum Gasteiger partial charge on any atom is 0.433 e. The van der Waals surface area contributed by atoms with E-state index in [-0.39, 0.29) is 22.4 Å². The third-order valence-electron chi connectivity index (χ3n) is 4.17. The van der Waals surface area contributed by atoms with Crippen LogP contribution in [0.2, 0.25) is 0 Å². The molecule has 0 fully saturated rings. The van der Waals surface area contributed by atoms with Gasteiger partial charge in [0.05, 0.1) is 0 Å². The molecule has 0 aliphatic carbocycles. The Bertz CT molecular complexity index is 877. The van der Waals surface area contributed by atoms with Crippen LogP contribution in [0.4, 0.5) is 24.9 Å². The van der Waals surface area contributed by atoms with Crippen molar-refractivity contribution < 1.29 is 13.2 Å². The van der Waals surface area contributed by atoms with Gasteiger partial charge in [0.1, 0.15) is 5.82 Å². The minimum Gasteiger partial charge on any atom is -0.358 e. The largest absolute Gasteiger partial charge is 0.433 e. The van der Waals surface area contributed by atoms with Crippen molar-refractivity contribution in [2.45, 2.75) is 45.5 Å². The summed E-state index contributed by atoms with van der Waals surface area (Å²) >= 11 is 5.18. The molecule has 1 aromatic heterocycles. The van der Waals surface area contributed by atoms with Crippen LogP contribution in [0.15, 0.2) is 30.3 Å². The zero-order valence-electron chi connectivity index (χ0n) is 15.9. The number of benzene rings is 1. The molecule has 0 bridgehead atoms. The van der Waals surface area contributed by atoms with E-state index in [0.29, 0.717) is 13.1 Å². The van der Waals surface area contributed by atoms with Gasteiger partial charge in [-0.15, -0.1) is 0 Å². The van der Waals surface area contributed by atoms with Gasteiger partial charge >= 0.3 is 6.18 Å². The van der Waals surface area contributed by atoms with E-state index >= 15 is 0 Å². The third kappa shape index (κ3) is 5.09. The van der Waals surface area contributed by atoms with Crippen LogP contribution in [-0.4, -0.2) is 27.2 Å². The monoisotopic (exact) mass is 409 g/mol. The molecular formula is C19H22F3N5S. The molecule has 0 unspecified atom stereocenters. The maximum atomic E-state index is 13.4. The summed E-state index contributed by atoms with van der Waals surface area (Å²) in [7, 11) is 0. The van der Waals surface area contributed by atoms with Crippen LogP contribution >= 0.6 is 12.2 Å². The highest BCUT2D eigenvalue weighted by Gasteiger charge is 2.34. The Morgan fingerprint density at radius 2 is 1.79 bits per heavy atom. The van der Waals surface area contributed by atoms with Crippen molar-refractivity contribution in [1.82, 2.24) is 15.3 Å². The molecule has 150 valence electrons. The smallest absolute Gasteiger partial charge is 0.358 e. The highest BCUT2D eigenvalue weighted by atomic mass is 32.1. The van der Waals surface area contributed by atoms with Gasteiger partial charge in [-0.1, -0.05) is 24.3 Å². The Labute approximate surface area is 167 Å². The zero-order chi connectivity index (χ0) is 20.5. The van der Waals surface area contributed by atoms with Crippen molar-refractivity contribution in [2.24, 2.45) is 0 Å². The van der Waals surface area contributed by atoms with Gasteiger partial charge in [-0.25, -0.2) is 4.98 Å². The summed E-state index contributed by atoms with van der Waals surface area (Å²) < 4.78 is 40.1. The van der Waals surface area contributed by atoms with Crippen molar-refractivity contribution in [3.63, 3.8) is 0 Å². The van der Waals surface area contributed by atoms with E-state index < -0.39 is 11.9 Å². The second-order valence-corrected chi connectivity index (χ2v) is 8.11. The first-order valence-corrected chi connectivity index (χ1v) is 9.29. The summed E-state index contributed by atoms with van der Waals surface area (Å²) in [5.74, 6) is 0.0447. The van der Waals surface area contributed by atoms with Gasteiger partial charge in [-0.05, 0) is 50.5 Å². The van der Waals surface area contributed by atoms with E-state index in [1.54, 1.807) is 0 Å². The molecule has 0 saturated carbocycles. The Balaban J connectivity index is 1.90. The molecule has 1 aromatic carbocycles. The predicted molar refractivity (Wildman–Crippen MR) is 107 cm³/mol. The van der Waals surface area contributed by atoms with E-state index in [1.165, 1.54) is 5.56 Å². The van der Waals surface area contributed by atoms with Gasteiger partial charge in [0.25, 0.3) is 0 Å². The summed E-state index contributed by atoms with van der Waals surface area (Å²) in [4.78, 5) is 9.73. The van der Waals surface area contributed by atoms with E-state index in [9.17, 15) is 13.2 Å². The molecule has 2 aromatic rings. The fourth-order valence-corrected chi connectivity index (χ4v) is 3.36. The van der Waals surface area contributed by atoms with Gasteiger partial charge in [0.2, 0.25) is 5.95 Å². The molecule has 0 radical (unpaired) electrons. The van der Waals surface area contributed by atoms with Crippen LogP contribution in [0.5, 0.6) is 0 Å². The topological polar surface area (TPSA) is 53.1 Å². The Morgan fingerprint density at radius 1 is 1.11 bits per heavy atom. The fraction of sp³-hybridized carbons (Fsp3) is 0.421. The average Bonchev–Trinajstić information content (AvgIpc) is 2.58. The third-order valence-corrected chi connectivity index (χ3v) is 4.38. The SMILES string of the molecule is CC(C)(C)NC(=S)Nc1nc(N2CCc3ccccc3C2)cc(C(F)(F)F)n1. The fourth-order valence-electron chi connectivity index (χ4n) is 2.96. The van der Waals surface area contributed by atoms with E-state index in [1.807, 2.05) is 49.9 Å². The summed E-state index contributed by atoms with van der Waals surface area (Å²) in [6.07, 6.45) is -3.84. The number of thiocarbonyl (C=S) groups is 1. The first-order chi connectivity index (χ1) is 13.0. The molecule has 1 aliphatic heterocycles. The molecule has 2 heterocycles. The summed E-state index contributed by atoms with van der Waals surface area (Å²) in [5.41, 5.74) is 0.945. The summed E-state index contributed by atoms with van der Waals surface area (Å²) in [6.45, 7) is 6.75. The summed E-state index contributed by atoms with van der Waals surface area (Å²) in [5, 5.41) is 5.83. The lowest BCUT2D eigenvalue weighted by molar-refractivity contribution is -0.141. The Hall–Kier alpha value is -2.42. The van der Waals surface area contributed by atoms with Crippen molar-refractivity contribution in [3.8, 4) is 0 Å². The molecule has 3 rings (SSSR count). The molecule has 0 amide bonds. The minimum atomic E-state index is -4.58. The first kappa shape index (κ1) is 20.3. The van der Waals surface area contributed by atoms with Crippen molar-refractivity contribution in [3.05, 3.63) is 47.2 Å². The van der Waals surface area contributed by atoms with Gasteiger partial charge in [0, 0.05) is 24.7 Å². The number of hydrogen-bond donors (Lipinski definition) is 2. The van der Waals surface area contributed by atoms with Crippen LogP contribution in [0.3, 0.4) is 0 Å². The number of rotatable bonds is 2. The van der Waals surface area contributed by atoms with E-state index in [4.69, 9.17) is 12.2 Å². The predicted octanol–water partition coefficient (Wildman–Crippen LogP) is 4.14. The first-order valence-electron chi connectivity index (χ1n) is 8.88. The number of nitrogens with zero attached hydrogens (tertiary/aromatic N) is 3. The molecule has 28 heavy (non-hydrogen) atoms. The number of alkyl halides is 3. The highest BCUT2D eigenvalue weighted by Crippen LogP contribution is 2.32. The molecule has 1 aliphatic rings. The molecule has 5 nitrogen and oxygen atoms in total. The lowest BCUT2D eigenvalue weighted by Crippen LogP contribution is -2.43. The van der Waals surface area contributed by atoms with Crippen LogP contribution in [-0.2, 0) is 19.1 Å². The van der Waals surface area contributed by atoms with Crippen LogP contribution < -0.4 is 15.5 Å². The number of hydrogen-bond acceptors (Lipinski definition) is 4. The number of fused-ring (bicyclic) bond motifs is 1. The zero-order valence-corrected chi connectivity index (χ0v) is 16.7. The highest BCUT2D eigenvalue weighted by molar-refractivity contribution is 7.80. The van der Waals surface area contributed by atoms with Crippen molar-refractivity contribution in [2.75, 3.05) is 16.8 Å². The van der Waals surface area contributed by atoms with Crippen LogP contribution in [0.1, 0.15) is 37.6 Å². The normalized spacial score (nSPS) is 14.4. The van der Waals surface area contributed by atoms with E-state index in [2.05, 4.69) is 20.6 Å². The maximum absolute atomic E-state index is 13.4. The Kier molecular flexibility index (Phi) is 5.47. The minimum absolute atomic E-state index is 0.168. The lowest BCUT2D eigenvalue weighted by atomic mass is 10.00. The number of aromatic nitrogens is 2. The van der Waals surface area contributed by atoms with Gasteiger partial charge in [0.15, 0.2) is 10.8 Å². The molecule has 0 saturated heterocycles. The van der Waals surface area contributed by atoms with Gasteiger partial charge in [-0.3, -0.25) is 0 Å². The molecule has 2 N–H and O–H groups in total. The second kappa shape index (κ2) is 7.54. The quantitative estimate of drug-likeness (QED) is 0.727. The molecule has 9 heteroatoms. The molecular weight excluding hydrogens is 387 g/mol. The second-order valence-electron chi connectivity index (χ2n) is 7.70. The van der Waals surface area contributed by atoms with Crippen LogP contribution in [0, 0.1) is 0 Å². The van der Waals surface area contributed by atoms with Crippen LogP contribution in [0.25, 0.3) is 0 Å². The number of nitrogens with one attached hydrogen (secondary N) is 2. The van der Waals surface area contributed by atoms with E-state index in [0.717, 1.165) is 18.1 Å². The average molecular weight is 409 g/mol. The molecule has 0 spiro atoms. The van der Waals surface area contributed by atoms with Crippen molar-refractivity contribution in [1.29, 1.82) is 0 Å². The Morgan fingerprint density at radius 3 is 2.43 bits per heavy atom. The van der Waals surface area contributed by atoms with Crippen molar-refractivity contribution >= 4 is 29.1 Å². The summed E-state index contributed by atoms with van der Waals surface area (Å²) in [6, 6.07) is 8.89. The standard InChI is InChI=1S/C19H22F3N5S/c1-18(2,3)26-17(28)25-16-23-14(19(20,21)22)10-15(24-16)27-9-8-12-6-4-5-7-13(12)11-27/h4-7,10H,8-9,11H2,1-3H3,(H2,23,24,25,26,28). The number of anilines is 2. The lowest BCUT2D eigenvalue weighted by Gasteiger charge is -2.30. The number of halogens is 3. The van der Waals surface area contributed by atoms with Gasteiger partial charge in [-0.2, -0.15) is 18.2 Å². The molecule has 0 atom stereocenters. The van der Waals surface area contributed by atoms with Gasteiger partial charge < -0.3 is 15.5 Å².